The molecule has 0 N–H and O–H groups in total. The van der Waals surface area contributed by atoms with Gasteiger partial charge in [0.1, 0.15) is 18.2 Å². The number of carbonyl (C=O) groups is 1. The number of nitrogens with zero attached hydrogens (tertiary/aromatic N) is 4. The molecule has 6 nitrogen and oxygen atoms in total. The second-order valence-corrected chi connectivity index (χ2v) is 8.46. The van der Waals surface area contributed by atoms with Crippen molar-refractivity contribution in [3.05, 3.63) is 96.7 Å². The van der Waals surface area contributed by atoms with Crippen LogP contribution in [0.15, 0.2) is 73.7 Å². The maximum absolute atomic E-state index is 13.4. The third-order valence-corrected chi connectivity index (χ3v) is 6.26. The van der Waals surface area contributed by atoms with Crippen molar-refractivity contribution in [1.82, 2.24) is 19.3 Å². The number of benzene rings is 2. The molecule has 1 unspecified atom stereocenters. The van der Waals surface area contributed by atoms with Gasteiger partial charge < -0.3 is 9.64 Å². The first-order valence-corrected chi connectivity index (χ1v) is 11.5. The molecule has 1 atom stereocenters. The lowest BCUT2D eigenvalue weighted by Crippen LogP contribution is -2.38. The quantitative estimate of drug-likeness (QED) is 0.347. The van der Waals surface area contributed by atoms with E-state index in [1.54, 1.807) is 12.4 Å². The van der Waals surface area contributed by atoms with Gasteiger partial charge in [-0.1, -0.05) is 30.8 Å². The predicted molar refractivity (Wildman–Crippen MR) is 128 cm³/mol. The molecule has 0 bridgehead atoms. The summed E-state index contributed by atoms with van der Waals surface area (Å²) in [7, 11) is 0. The first kappa shape index (κ1) is 22.7. The Morgan fingerprint density at radius 2 is 1.97 bits per heavy atom. The average Bonchev–Trinajstić information content (AvgIpc) is 3.29. The Kier molecular flexibility index (Phi) is 6.27. The molecule has 1 amide bonds. The van der Waals surface area contributed by atoms with Gasteiger partial charge in [0.2, 0.25) is 5.91 Å². The van der Waals surface area contributed by atoms with Crippen molar-refractivity contribution in [3.63, 3.8) is 0 Å². The van der Waals surface area contributed by atoms with E-state index in [4.69, 9.17) is 9.72 Å². The Balaban J connectivity index is 1.42. The summed E-state index contributed by atoms with van der Waals surface area (Å²) in [5, 5.41) is 0. The number of rotatable bonds is 6. The zero-order chi connectivity index (χ0) is 24.4. The minimum atomic E-state index is -0.944. The van der Waals surface area contributed by atoms with Crippen LogP contribution < -0.4 is 4.74 Å². The molecule has 5 rings (SSSR count). The zero-order valence-corrected chi connectivity index (χ0v) is 19.0. The molecule has 0 spiro atoms. The summed E-state index contributed by atoms with van der Waals surface area (Å²) >= 11 is 0. The van der Waals surface area contributed by atoms with Crippen LogP contribution in [-0.2, 0) is 11.4 Å². The van der Waals surface area contributed by atoms with E-state index in [-0.39, 0.29) is 24.3 Å². The lowest BCUT2D eigenvalue weighted by atomic mass is 10.0. The van der Waals surface area contributed by atoms with Crippen molar-refractivity contribution in [3.8, 4) is 17.0 Å². The fourth-order valence-corrected chi connectivity index (χ4v) is 4.48. The van der Waals surface area contributed by atoms with Gasteiger partial charge in [-0.25, -0.2) is 13.8 Å². The summed E-state index contributed by atoms with van der Waals surface area (Å²) in [6.45, 7) is 4.55. The molecule has 1 saturated heterocycles. The van der Waals surface area contributed by atoms with E-state index in [2.05, 4.69) is 11.6 Å². The van der Waals surface area contributed by atoms with Crippen LogP contribution in [0, 0.1) is 11.6 Å². The third-order valence-electron chi connectivity index (χ3n) is 6.26. The summed E-state index contributed by atoms with van der Waals surface area (Å²) in [4.78, 5) is 23.6. The van der Waals surface area contributed by atoms with Crippen LogP contribution in [-0.4, -0.2) is 31.7 Å². The normalized spacial score (nSPS) is 15.8. The summed E-state index contributed by atoms with van der Waals surface area (Å²) in [5.41, 5.74) is 3.40. The Hall–Kier alpha value is -4.07. The van der Waals surface area contributed by atoms with Crippen LogP contribution in [0.3, 0.4) is 0 Å². The number of ether oxygens (including phenoxy) is 1. The molecule has 1 aliphatic heterocycles. The molecule has 0 radical (unpaired) electrons. The maximum atomic E-state index is 13.4. The van der Waals surface area contributed by atoms with E-state index in [9.17, 15) is 13.6 Å². The number of hydrogen-bond acceptors (Lipinski definition) is 4. The molecule has 8 heteroatoms. The van der Waals surface area contributed by atoms with Crippen molar-refractivity contribution in [1.29, 1.82) is 0 Å². The van der Waals surface area contributed by atoms with Crippen molar-refractivity contribution in [2.45, 2.75) is 31.9 Å². The maximum Gasteiger partial charge on any atom is 0.246 e. The second kappa shape index (κ2) is 9.66. The summed E-state index contributed by atoms with van der Waals surface area (Å²) in [5.74, 6) is -0.881. The Labute approximate surface area is 201 Å². The number of piperidine rings is 1. The van der Waals surface area contributed by atoms with E-state index in [0.717, 1.165) is 59.6 Å². The summed E-state index contributed by atoms with van der Waals surface area (Å²) in [6, 6.07) is 11.0. The Morgan fingerprint density at radius 3 is 2.74 bits per heavy atom. The molecule has 2 aromatic heterocycles. The molecule has 3 heterocycles. The van der Waals surface area contributed by atoms with E-state index in [1.807, 2.05) is 39.8 Å². The second-order valence-electron chi connectivity index (χ2n) is 8.46. The molecule has 0 saturated carbocycles. The van der Waals surface area contributed by atoms with Gasteiger partial charge in [-0.05, 0) is 43.0 Å². The standard InChI is InChI=1S/C27H24F2N4O2/c1-2-25(34)32-13-4-3-5-23(32)27-31-26(24-16-30-12-14-33(24)27)19-8-6-18(7-9-19)17-35-20-10-11-21(28)22(29)15-20/h2,6-12,14-16,23H,1,3-5,13,17H2. The first-order valence-electron chi connectivity index (χ1n) is 11.5. The molecule has 35 heavy (non-hydrogen) atoms. The van der Waals surface area contributed by atoms with Gasteiger partial charge in [-0.2, -0.15) is 0 Å². The predicted octanol–water partition coefficient (Wildman–Crippen LogP) is 5.49. The molecule has 178 valence electrons. The molecule has 1 aliphatic rings. The highest BCUT2D eigenvalue weighted by molar-refractivity contribution is 5.87. The van der Waals surface area contributed by atoms with Crippen molar-refractivity contribution in [2.24, 2.45) is 0 Å². The van der Waals surface area contributed by atoms with Gasteiger partial charge in [-0.15, -0.1) is 0 Å². The zero-order valence-electron chi connectivity index (χ0n) is 19.0. The van der Waals surface area contributed by atoms with Crippen LogP contribution in [0.2, 0.25) is 0 Å². The van der Waals surface area contributed by atoms with Crippen molar-refractivity contribution < 1.29 is 18.3 Å². The van der Waals surface area contributed by atoms with Crippen LogP contribution in [0.1, 0.15) is 36.7 Å². The summed E-state index contributed by atoms with van der Waals surface area (Å²) < 4.78 is 34.1. The number of likely N-dealkylation sites (tertiary alicyclic amines) is 1. The number of hydrogen-bond donors (Lipinski definition) is 0. The van der Waals surface area contributed by atoms with Gasteiger partial charge >= 0.3 is 0 Å². The van der Waals surface area contributed by atoms with Crippen LogP contribution in [0.5, 0.6) is 5.75 Å². The number of amides is 1. The molecule has 1 fully saturated rings. The van der Waals surface area contributed by atoms with Crippen molar-refractivity contribution >= 4 is 11.4 Å². The Bertz CT molecular complexity index is 1380. The van der Waals surface area contributed by atoms with E-state index in [0.29, 0.717) is 6.54 Å². The van der Waals surface area contributed by atoms with Crippen LogP contribution in [0.4, 0.5) is 8.78 Å². The highest BCUT2D eigenvalue weighted by atomic mass is 19.2. The topological polar surface area (TPSA) is 59.7 Å². The smallest absolute Gasteiger partial charge is 0.246 e. The third kappa shape index (κ3) is 4.51. The highest BCUT2D eigenvalue weighted by Gasteiger charge is 2.30. The van der Waals surface area contributed by atoms with Crippen LogP contribution in [0.25, 0.3) is 16.8 Å². The van der Waals surface area contributed by atoms with Gasteiger partial charge in [0.05, 0.1) is 23.4 Å². The fraction of sp³-hybridized carbons (Fsp3) is 0.222. The first-order chi connectivity index (χ1) is 17.0. The number of halogens is 2. The van der Waals surface area contributed by atoms with Crippen LogP contribution >= 0.6 is 0 Å². The number of fused-ring (bicyclic) bond motifs is 1. The van der Waals surface area contributed by atoms with Gasteiger partial charge in [-0.3, -0.25) is 14.2 Å². The monoisotopic (exact) mass is 474 g/mol. The lowest BCUT2D eigenvalue weighted by Gasteiger charge is -2.34. The van der Waals surface area contributed by atoms with E-state index >= 15 is 0 Å². The minimum Gasteiger partial charge on any atom is -0.489 e. The number of carbonyl (C=O) groups excluding carboxylic acids is 1. The fourth-order valence-electron chi connectivity index (χ4n) is 4.48. The average molecular weight is 475 g/mol. The summed E-state index contributed by atoms with van der Waals surface area (Å²) in [6.07, 6.45) is 9.53. The number of aromatic nitrogens is 3. The van der Waals surface area contributed by atoms with Crippen molar-refractivity contribution in [2.75, 3.05) is 6.54 Å². The molecular weight excluding hydrogens is 450 g/mol. The number of imidazole rings is 1. The van der Waals surface area contributed by atoms with Gasteiger partial charge in [0.15, 0.2) is 11.6 Å². The highest BCUT2D eigenvalue weighted by Crippen LogP contribution is 2.34. The molecule has 0 aliphatic carbocycles. The molecular formula is C27H24F2N4O2. The van der Waals surface area contributed by atoms with Gasteiger partial charge in [0.25, 0.3) is 0 Å². The largest absolute Gasteiger partial charge is 0.489 e. The molecule has 4 aromatic rings. The van der Waals surface area contributed by atoms with Gasteiger partial charge in [0, 0.05) is 30.6 Å². The minimum absolute atomic E-state index is 0.0903. The Morgan fingerprint density at radius 1 is 1.14 bits per heavy atom. The lowest BCUT2D eigenvalue weighted by molar-refractivity contribution is -0.129. The SMILES string of the molecule is C=CC(=O)N1CCCCC1c1nc(-c2ccc(COc3ccc(F)c(F)c3)cc2)c2cnccn12. The molecule has 2 aromatic carbocycles. The van der Waals surface area contributed by atoms with E-state index < -0.39 is 11.6 Å². The van der Waals surface area contributed by atoms with E-state index in [1.165, 1.54) is 12.1 Å².